The topological polar surface area (TPSA) is 90.2 Å². The van der Waals surface area contributed by atoms with Gasteiger partial charge < -0.3 is 0 Å². The molecule has 0 aromatic carbocycles. The molecule has 1 rings (SSSR count). The number of rotatable bonds is 1. The van der Waals surface area contributed by atoms with Crippen LogP contribution in [-0.2, 0) is 27.1 Å². The molecule has 0 aromatic rings. The Labute approximate surface area is 273 Å². The fourth-order valence-corrected chi connectivity index (χ4v) is 1.93. The van der Waals surface area contributed by atoms with Gasteiger partial charge in [-0.05, 0) is 0 Å². The van der Waals surface area contributed by atoms with E-state index in [1.54, 1.807) is 0 Å². The standard InChI is InChI=1S/C6H11O5Te.4Ac.Au/c7-1-2-3(8)4(9)5(10)6(12)11-2;;;;;/h2-10H,1H2;;;;;. The van der Waals surface area contributed by atoms with Crippen molar-refractivity contribution < 1.29 is 224 Å². The van der Waals surface area contributed by atoms with Gasteiger partial charge in [-0.1, -0.05) is 0 Å². The minimum atomic E-state index is -1.24. The Kier molecular flexibility index (Phi) is 40.3. The molecule has 1 heterocycles. The van der Waals surface area contributed by atoms with Crippen LogP contribution in [0.5, 0.6) is 0 Å². The molecule has 0 aromatic heterocycles. The Morgan fingerprint density at radius 1 is 0.882 bits per heavy atom. The van der Waals surface area contributed by atoms with Crippen LogP contribution < -0.4 is 0 Å². The third kappa shape index (κ3) is 12.1. The monoisotopic (exact) mass is 1400 g/mol. The van der Waals surface area contributed by atoms with Crippen molar-refractivity contribution in [2.45, 2.75) is 28.6 Å². The molecule has 1 aliphatic heterocycles. The van der Waals surface area contributed by atoms with Gasteiger partial charge >= 0.3 is 82.6 Å². The van der Waals surface area contributed by atoms with E-state index in [9.17, 15) is 15.3 Å². The molecule has 0 saturated carbocycles. The van der Waals surface area contributed by atoms with Crippen molar-refractivity contribution in [1.29, 1.82) is 0 Å². The van der Waals surface area contributed by atoms with Gasteiger partial charge in [-0.3, -0.25) is 0 Å². The number of aliphatic hydroxyl groups is 4. The van der Waals surface area contributed by atoms with Crippen LogP contribution in [0.2, 0.25) is 0 Å². The van der Waals surface area contributed by atoms with Crippen molar-refractivity contribution in [2.75, 3.05) is 6.61 Å². The molecule has 1 fully saturated rings. The molecular formula is C6H11Ac4AuO5Te. The van der Waals surface area contributed by atoms with E-state index in [2.05, 4.69) is 0 Å². The van der Waals surface area contributed by atoms with Gasteiger partial charge in [-0.15, -0.1) is 0 Å². The third-order valence-electron chi connectivity index (χ3n) is 1.85. The van der Waals surface area contributed by atoms with E-state index in [0.29, 0.717) is 0 Å². The first-order valence-electron chi connectivity index (χ1n) is 3.54. The normalized spacial score (nSPS) is 34.8. The Bertz CT molecular complexity index is 169. The number of hydrogen-bond donors (Lipinski definition) is 4. The SMILES string of the molecule is OCC1OC([Te])C(O)C(O)C1O.[Ac].[Ac].[Ac].[Ac].[Au]. The molecule has 0 aliphatic carbocycles. The van der Waals surface area contributed by atoms with E-state index >= 15 is 0 Å². The van der Waals surface area contributed by atoms with Crippen molar-refractivity contribution in [2.24, 2.45) is 0 Å². The first-order chi connectivity index (χ1) is 5.57. The Morgan fingerprint density at radius 2 is 1.29 bits per heavy atom. The summed E-state index contributed by atoms with van der Waals surface area (Å²) in [7, 11) is 0. The predicted octanol–water partition coefficient (Wildman–Crippen LogP) is -3.05. The summed E-state index contributed by atoms with van der Waals surface area (Å²) in [5, 5.41) is 36.4. The largest absolute Gasteiger partial charge is 0 e. The van der Waals surface area contributed by atoms with Crippen LogP contribution in [0.4, 0.5) is 0 Å². The second-order valence-electron chi connectivity index (χ2n) is 2.70. The maximum absolute atomic E-state index is 9.23. The Balaban J connectivity index is -0.0000000960. The van der Waals surface area contributed by atoms with E-state index in [1.807, 2.05) is 0 Å². The summed E-state index contributed by atoms with van der Waals surface area (Å²) in [6.07, 6.45) is -4.36. The molecule has 0 amide bonds. The summed E-state index contributed by atoms with van der Waals surface area (Å²) in [5.74, 6) is 0. The quantitative estimate of drug-likeness (QED) is 0.210. The molecule has 5 unspecified atom stereocenters. The van der Waals surface area contributed by atoms with E-state index in [1.165, 1.54) is 22.3 Å². The minimum Gasteiger partial charge on any atom is 0 e. The number of aliphatic hydroxyl groups excluding tert-OH is 4. The zero-order chi connectivity index (χ0) is 9.30. The zero-order valence-corrected chi connectivity index (χ0v) is 32.3. The van der Waals surface area contributed by atoms with Crippen LogP contribution in [-0.4, -0.2) is 77.9 Å². The number of ether oxygens (including phenoxy) is 1. The van der Waals surface area contributed by atoms with Gasteiger partial charge in [0, 0.05) is 199 Å². The Morgan fingerprint density at radius 3 is 1.65 bits per heavy atom. The molecular weight excluding hydrogens is 1380 g/mol. The van der Waals surface area contributed by atoms with Crippen LogP contribution in [0.25, 0.3) is 0 Å². The summed E-state index contributed by atoms with van der Waals surface area (Å²) in [5.41, 5.74) is 0. The predicted molar refractivity (Wildman–Crippen MR) is 39.5 cm³/mol. The summed E-state index contributed by atoms with van der Waals surface area (Å²) in [6.45, 7) is -0.364. The maximum atomic E-state index is 9.23. The van der Waals surface area contributed by atoms with Crippen molar-refractivity contribution >= 4 is 22.3 Å². The summed E-state index contributed by atoms with van der Waals surface area (Å²) in [4.78, 5) is 0. The average molecular weight is 1400 g/mol. The third-order valence-corrected chi connectivity index (χ3v) is 2.96. The molecule has 94 valence electrons. The molecule has 6 radical (unpaired) electrons. The molecule has 0 bridgehead atoms. The Hall–Kier alpha value is 7.10. The fourth-order valence-electron chi connectivity index (χ4n) is 1.07. The molecule has 1 aliphatic rings. The van der Waals surface area contributed by atoms with Gasteiger partial charge in [0.25, 0.3) is 0 Å². The molecule has 4 N–H and O–H groups in total. The smallest absolute Gasteiger partial charge is 0 e. The van der Waals surface area contributed by atoms with Crippen molar-refractivity contribution in [3.8, 4) is 0 Å². The van der Waals surface area contributed by atoms with Gasteiger partial charge in [0.2, 0.25) is 0 Å². The second-order valence-corrected chi connectivity index (χ2v) is 4.02. The first kappa shape index (κ1) is 35.2. The molecule has 5 atom stereocenters. The summed E-state index contributed by atoms with van der Waals surface area (Å²) in [6, 6.07) is 0. The zero-order valence-electron chi connectivity index (χ0n) is 8.81. The summed E-state index contributed by atoms with van der Waals surface area (Å²) < 4.78 is 4.47. The van der Waals surface area contributed by atoms with Gasteiger partial charge in [-0.2, -0.15) is 0 Å². The van der Waals surface area contributed by atoms with Crippen LogP contribution in [0, 0.1) is 176 Å². The van der Waals surface area contributed by atoms with E-state index in [-0.39, 0.29) is 205 Å². The average Bonchev–Trinajstić information content (AvgIpc) is 2.08. The molecule has 17 heavy (non-hydrogen) atoms. The van der Waals surface area contributed by atoms with Gasteiger partial charge in [0.05, 0.1) is 0 Å². The van der Waals surface area contributed by atoms with Crippen LogP contribution in [0.3, 0.4) is 0 Å². The summed E-state index contributed by atoms with van der Waals surface area (Å²) >= 11 is 1.50. The molecule has 1 saturated heterocycles. The van der Waals surface area contributed by atoms with Gasteiger partial charge in [0.1, 0.15) is 0 Å². The molecule has 5 nitrogen and oxygen atoms in total. The molecule has 11 heteroatoms. The van der Waals surface area contributed by atoms with Crippen molar-refractivity contribution in [1.82, 2.24) is 0 Å². The van der Waals surface area contributed by atoms with Crippen LogP contribution in [0.1, 0.15) is 0 Å². The van der Waals surface area contributed by atoms with E-state index in [0.717, 1.165) is 0 Å². The van der Waals surface area contributed by atoms with Crippen LogP contribution >= 0.6 is 0 Å². The van der Waals surface area contributed by atoms with E-state index < -0.39 is 28.6 Å². The van der Waals surface area contributed by atoms with E-state index in [4.69, 9.17) is 9.84 Å². The second kappa shape index (κ2) is 19.4. The van der Waals surface area contributed by atoms with Crippen molar-refractivity contribution in [3.05, 3.63) is 0 Å². The number of hydrogen-bond acceptors (Lipinski definition) is 5. The fraction of sp³-hybridized carbons (Fsp3) is 1.00. The van der Waals surface area contributed by atoms with Crippen LogP contribution in [0.15, 0.2) is 0 Å². The van der Waals surface area contributed by atoms with Crippen molar-refractivity contribution in [3.63, 3.8) is 0 Å². The molecule has 0 spiro atoms. The van der Waals surface area contributed by atoms with Gasteiger partial charge in [0.15, 0.2) is 0 Å². The minimum absolute atomic E-state index is 0. The van der Waals surface area contributed by atoms with Gasteiger partial charge in [-0.25, -0.2) is 0 Å². The maximum Gasteiger partial charge on any atom is 0 e. The first-order valence-corrected chi connectivity index (χ1v) is 4.88.